The topological polar surface area (TPSA) is 109 Å². The summed E-state index contributed by atoms with van der Waals surface area (Å²) < 4.78 is 30.9. The van der Waals surface area contributed by atoms with Crippen molar-refractivity contribution in [3.05, 3.63) is 22.5 Å². The third-order valence-corrected chi connectivity index (χ3v) is 3.16. The van der Waals surface area contributed by atoms with Crippen molar-refractivity contribution < 1.29 is 23.7 Å². The first kappa shape index (κ1) is 19.5. The first-order chi connectivity index (χ1) is 10.8. The maximum Gasteiger partial charge on any atom is 0.351 e. The van der Waals surface area contributed by atoms with Crippen LogP contribution in [-0.4, -0.2) is 46.4 Å². The number of aromatic nitrogens is 2. The summed E-state index contributed by atoms with van der Waals surface area (Å²) >= 11 is 0. The quantitative estimate of drug-likeness (QED) is 0.832. The number of rotatable bonds is 4. The molecule has 8 nitrogen and oxygen atoms in total. The summed E-state index contributed by atoms with van der Waals surface area (Å²) in [6.45, 7) is 6.92. The third kappa shape index (κ3) is 4.25. The van der Waals surface area contributed by atoms with Crippen molar-refractivity contribution in [3.63, 3.8) is 0 Å². The van der Waals surface area contributed by atoms with E-state index in [0.29, 0.717) is 0 Å². The van der Waals surface area contributed by atoms with E-state index in [9.17, 15) is 14.3 Å². The van der Waals surface area contributed by atoms with Crippen molar-refractivity contribution in [3.8, 4) is 0 Å². The predicted molar refractivity (Wildman–Crippen MR) is 81.2 cm³/mol. The summed E-state index contributed by atoms with van der Waals surface area (Å²) in [5, 5.41) is 9.33. The van der Waals surface area contributed by atoms with Gasteiger partial charge in [0.05, 0.1) is 12.8 Å². The number of aliphatic hydroxyl groups excluding tert-OH is 1. The molecule has 0 aromatic carbocycles. The maximum absolute atomic E-state index is 13.6. The molecule has 132 valence electrons. The Hall–Kier alpha value is -1.55. The Balaban J connectivity index is 0.00000127. The van der Waals surface area contributed by atoms with Gasteiger partial charge in [-0.15, -0.1) is 0 Å². The van der Waals surface area contributed by atoms with Gasteiger partial charge in [-0.1, -0.05) is 13.8 Å². The molecule has 3 atom stereocenters. The van der Waals surface area contributed by atoms with Crippen LogP contribution in [0, 0.1) is 5.82 Å². The predicted octanol–water partition coefficient (Wildman–Crippen LogP) is 0.648. The van der Waals surface area contributed by atoms with Gasteiger partial charge in [-0.05, 0) is 13.8 Å². The van der Waals surface area contributed by atoms with Gasteiger partial charge >= 0.3 is 5.69 Å². The van der Waals surface area contributed by atoms with E-state index in [0.717, 1.165) is 10.8 Å². The van der Waals surface area contributed by atoms with Crippen molar-refractivity contribution in [1.82, 2.24) is 9.55 Å². The minimum atomic E-state index is -1.03. The highest BCUT2D eigenvalue weighted by Gasteiger charge is 2.47. The lowest BCUT2D eigenvalue weighted by Gasteiger charge is -2.24. The van der Waals surface area contributed by atoms with Crippen LogP contribution in [0.5, 0.6) is 0 Å². The van der Waals surface area contributed by atoms with Gasteiger partial charge in [-0.25, -0.2) is 9.18 Å². The second kappa shape index (κ2) is 7.82. The van der Waals surface area contributed by atoms with Crippen molar-refractivity contribution in [2.45, 2.75) is 51.9 Å². The molecule has 23 heavy (non-hydrogen) atoms. The number of hydrogen-bond acceptors (Lipinski definition) is 7. The van der Waals surface area contributed by atoms with Gasteiger partial charge < -0.3 is 25.1 Å². The summed E-state index contributed by atoms with van der Waals surface area (Å²) in [5.74, 6) is -2.37. The second-order valence-corrected chi connectivity index (χ2v) is 5.11. The van der Waals surface area contributed by atoms with Crippen molar-refractivity contribution >= 4 is 5.82 Å². The number of nitrogen functional groups attached to an aromatic ring is 1. The number of ether oxygens (including phenoxy) is 3. The molecule has 1 aliphatic rings. The molecule has 1 aromatic rings. The van der Waals surface area contributed by atoms with E-state index in [4.69, 9.17) is 19.9 Å². The first-order valence-corrected chi connectivity index (χ1v) is 7.32. The zero-order chi connectivity index (χ0) is 17.8. The van der Waals surface area contributed by atoms with E-state index in [2.05, 4.69) is 4.98 Å². The number of anilines is 1. The largest absolute Gasteiger partial charge is 0.394 e. The Kier molecular flexibility index (Phi) is 6.63. The first-order valence-electron chi connectivity index (χ1n) is 7.32. The number of nitrogens with zero attached hydrogens (tertiary/aromatic N) is 2. The van der Waals surface area contributed by atoms with Gasteiger partial charge in [0.2, 0.25) is 0 Å². The molecule has 0 amide bonds. The average Bonchev–Trinajstić information content (AvgIpc) is 2.82. The monoisotopic (exact) mass is 333 g/mol. The van der Waals surface area contributed by atoms with Crippen LogP contribution < -0.4 is 11.4 Å². The zero-order valence-corrected chi connectivity index (χ0v) is 13.9. The van der Waals surface area contributed by atoms with Crippen LogP contribution in [0.3, 0.4) is 0 Å². The Morgan fingerprint density at radius 3 is 2.65 bits per heavy atom. The fraction of sp³-hybridized carbons (Fsp3) is 0.714. The Morgan fingerprint density at radius 1 is 1.52 bits per heavy atom. The lowest BCUT2D eigenvalue weighted by Crippen LogP contribution is -2.41. The van der Waals surface area contributed by atoms with Gasteiger partial charge in [-0.2, -0.15) is 4.98 Å². The van der Waals surface area contributed by atoms with Crippen LogP contribution in [0.15, 0.2) is 11.0 Å². The van der Waals surface area contributed by atoms with E-state index in [1.165, 1.54) is 7.11 Å². The lowest BCUT2D eigenvalue weighted by atomic mass is 10.2. The SMILES string of the molecule is CC.COC(CO)[C@H]1OC(C)(C)O[C@H]1n1cc(F)c(N)nc1=O. The molecule has 2 heterocycles. The van der Waals surface area contributed by atoms with Gasteiger partial charge in [0.1, 0.15) is 12.2 Å². The number of hydrogen-bond donors (Lipinski definition) is 2. The van der Waals surface area contributed by atoms with Crippen LogP contribution in [-0.2, 0) is 14.2 Å². The molecule has 0 spiro atoms. The summed E-state index contributed by atoms with van der Waals surface area (Å²) in [6, 6.07) is 0. The molecule has 0 bridgehead atoms. The average molecular weight is 333 g/mol. The van der Waals surface area contributed by atoms with Gasteiger partial charge in [-0.3, -0.25) is 4.57 Å². The molecule has 1 unspecified atom stereocenters. The molecule has 1 saturated heterocycles. The highest BCUT2D eigenvalue weighted by Crippen LogP contribution is 2.36. The molecule has 1 aliphatic heterocycles. The molecule has 1 aromatic heterocycles. The van der Waals surface area contributed by atoms with Crippen LogP contribution in [0.25, 0.3) is 0 Å². The lowest BCUT2D eigenvalue weighted by molar-refractivity contribution is -0.163. The number of nitrogens with two attached hydrogens (primary N) is 1. The van der Waals surface area contributed by atoms with Crippen LogP contribution >= 0.6 is 0 Å². The summed E-state index contributed by atoms with van der Waals surface area (Å²) in [4.78, 5) is 15.3. The third-order valence-electron chi connectivity index (χ3n) is 3.16. The smallest absolute Gasteiger partial charge is 0.351 e. The normalized spacial score (nSPS) is 24.0. The summed E-state index contributed by atoms with van der Waals surface area (Å²) in [7, 11) is 1.39. The number of methoxy groups -OCH3 is 1. The molecule has 3 N–H and O–H groups in total. The van der Waals surface area contributed by atoms with Crippen LogP contribution in [0.4, 0.5) is 10.2 Å². The maximum atomic E-state index is 13.6. The molecule has 1 fully saturated rings. The summed E-state index contributed by atoms with van der Waals surface area (Å²) in [6.07, 6.45) is -1.65. The standard InChI is InChI=1S/C12H18FN3O5.C2H6/c1-12(2)20-8(7(5-17)19-3)10(21-12)16-4-6(13)9(14)15-11(16)18;1-2/h4,7-8,10,17H,5H2,1-3H3,(H2,14,15,18);1-2H3/t7?,8-,10-;/m1./s1. The van der Waals surface area contributed by atoms with Crippen molar-refractivity contribution in [2.24, 2.45) is 0 Å². The molecular weight excluding hydrogens is 309 g/mol. The van der Waals surface area contributed by atoms with Crippen LogP contribution in [0.1, 0.15) is 33.9 Å². The zero-order valence-electron chi connectivity index (χ0n) is 13.9. The fourth-order valence-electron chi connectivity index (χ4n) is 2.20. The molecule has 0 radical (unpaired) electrons. The highest BCUT2D eigenvalue weighted by molar-refractivity contribution is 5.26. The van der Waals surface area contributed by atoms with E-state index < -0.39 is 41.5 Å². The fourth-order valence-corrected chi connectivity index (χ4v) is 2.20. The Morgan fingerprint density at radius 2 is 2.13 bits per heavy atom. The molecule has 9 heteroatoms. The minimum absolute atomic E-state index is 0.350. The number of halogens is 1. The van der Waals surface area contributed by atoms with Crippen LogP contribution in [0.2, 0.25) is 0 Å². The van der Waals surface area contributed by atoms with E-state index in [-0.39, 0.29) is 6.61 Å². The van der Waals surface area contributed by atoms with Gasteiger partial charge in [0, 0.05) is 7.11 Å². The van der Waals surface area contributed by atoms with Crippen molar-refractivity contribution in [2.75, 3.05) is 19.5 Å². The minimum Gasteiger partial charge on any atom is -0.394 e. The Labute approximate surface area is 134 Å². The molecule has 0 aliphatic carbocycles. The highest BCUT2D eigenvalue weighted by atomic mass is 19.1. The van der Waals surface area contributed by atoms with E-state index >= 15 is 0 Å². The Bertz CT molecular complexity index is 574. The molecular formula is C14H24FN3O5. The molecule has 2 rings (SSSR count). The van der Waals surface area contributed by atoms with Gasteiger partial charge in [0.15, 0.2) is 23.7 Å². The van der Waals surface area contributed by atoms with E-state index in [1.807, 2.05) is 13.8 Å². The summed E-state index contributed by atoms with van der Waals surface area (Å²) in [5.41, 5.74) is 4.47. The molecule has 0 saturated carbocycles. The van der Waals surface area contributed by atoms with Gasteiger partial charge in [0.25, 0.3) is 0 Å². The second-order valence-electron chi connectivity index (χ2n) is 5.11. The number of aliphatic hydroxyl groups is 1. The van der Waals surface area contributed by atoms with Crippen molar-refractivity contribution in [1.29, 1.82) is 0 Å². The van der Waals surface area contributed by atoms with E-state index in [1.54, 1.807) is 13.8 Å².